The van der Waals surface area contributed by atoms with Crippen LogP contribution in [-0.2, 0) is 4.84 Å². The molecule has 0 fully saturated rings. The van der Waals surface area contributed by atoms with E-state index in [0.717, 1.165) is 0 Å². The summed E-state index contributed by atoms with van der Waals surface area (Å²) in [4.78, 5) is 15.4. The van der Waals surface area contributed by atoms with Crippen molar-refractivity contribution in [2.24, 2.45) is 10.9 Å². The van der Waals surface area contributed by atoms with Crippen LogP contribution >= 0.6 is 11.6 Å². The molecule has 0 aromatic heterocycles. The molecule has 0 aliphatic carbocycles. The maximum absolute atomic E-state index is 10.9. The molecule has 1 amide bonds. The predicted octanol–water partition coefficient (Wildman–Crippen LogP) is 1.42. The van der Waals surface area contributed by atoms with E-state index in [1.54, 1.807) is 18.2 Å². The van der Waals surface area contributed by atoms with Gasteiger partial charge in [0.2, 0.25) is 5.91 Å². The van der Waals surface area contributed by atoms with Crippen LogP contribution in [0.25, 0.3) is 0 Å². The minimum absolute atomic E-state index is 0.270. The largest absolute Gasteiger partial charge is 0.399 e. The van der Waals surface area contributed by atoms with Crippen molar-refractivity contribution in [3.63, 3.8) is 0 Å². The summed E-state index contributed by atoms with van der Waals surface area (Å²) in [7, 11) is 1.43. The standard InChI is InChI=1S/C9H9ClN2O2/c1-14-12-5-6-2-3-8(10)7(4-6)9(11)13/h2-5H,1H3,(H2,11,13). The van der Waals surface area contributed by atoms with Gasteiger partial charge < -0.3 is 10.6 Å². The summed E-state index contributed by atoms with van der Waals surface area (Å²) in [5.74, 6) is -0.567. The van der Waals surface area contributed by atoms with Gasteiger partial charge >= 0.3 is 0 Å². The fourth-order valence-electron chi connectivity index (χ4n) is 0.926. The van der Waals surface area contributed by atoms with Crippen LogP contribution in [0.15, 0.2) is 23.4 Å². The summed E-state index contributed by atoms with van der Waals surface area (Å²) in [5, 5.41) is 3.88. The Hall–Kier alpha value is -1.55. The second kappa shape index (κ2) is 4.62. The molecular formula is C9H9ClN2O2. The molecule has 0 saturated heterocycles. The molecule has 0 atom stereocenters. The number of hydrogen-bond donors (Lipinski definition) is 1. The quantitative estimate of drug-likeness (QED) is 0.608. The maximum atomic E-state index is 10.9. The summed E-state index contributed by atoms with van der Waals surface area (Å²) >= 11 is 5.75. The summed E-state index contributed by atoms with van der Waals surface area (Å²) in [6.45, 7) is 0. The average molecular weight is 213 g/mol. The zero-order valence-electron chi connectivity index (χ0n) is 7.53. The number of amides is 1. The van der Waals surface area contributed by atoms with E-state index in [4.69, 9.17) is 17.3 Å². The van der Waals surface area contributed by atoms with E-state index < -0.39 is 5.91 Å². The highest BCUT2D eigenvalue weighted by Gasteiger charge is 2.06. The van der Waals surface area contributed by atoms with Crippen LogP contribution in [0.4, 0.5) is 0 Å². The average Bonchev–Trinajstić information content (AvgIpc) is 2.16. The number of rotatable bonds is 3. The zero-order chi connectivity index (χ0) is 10.6. The highest BCUT2D eigenvalue weighted by Crippen LogP contribution is 2.16. The number of primary amides is 1. The van der Waals surface area contributed by atoms with Crippen molar-refractivity contribution in [1.29, 1.82) is 0 Å². The third-order valence-electron chi connectivity index (χ3n) is 1.56. The highest BCUT2D eigenvalue weighted by molar-refractivity contribution is 6.33. The lowest BCUT2D eigenvalue weighted by molar-refractivity contribution is 0.100. The second-order valence-electron chi connectivity index (χ2n) is 2.52. The van der Waals surface area contributed by atoms with Crippen LogP contribution < -0.4 is 5.73 Å². The van der Waals surface area contributed by atoms with E-state index in [0.29, 0.717) is 10.6 Å². The first-order valence-corrected chi connectivity index (χ1v) is 4.19. The molecule has 0 spiro atoms. The number of halogens is 1. The topological polar surface area (TPSA) is 64.7 Å². The van der Waals surface area contributed by atoms with Gasteiger partial charge in [0.15, 0.2) is 0 Å². The van der Waals surface area contributed by atoms with Crippen LogP contribution in [0, 0.1) is 0 Å². The van der Waals surface area contributed by atoms with E-state index >= 15 is 0 Å². The van der Waals surface area contributed by atoms with Crippen molar-refractivity contribution in [2.75, 3.05) is 7.11 Å². The number of benzene rings is 1. The Morgan fingerprint density at radius 2 is 2.36 bits per heavy atom. The molecule has 0 aliphatic rings. The maximum Gasteiger partial charge on any atom is 0.250 e. The van der Waals surface area contributed by atoms with Crippen molar-refractivity contribution in [3.8, 4) is 0 Å². The van der Waals surface area contributed by atoms with Gasteiger partial charge in [-0.25, -0.2) is 0 Å². The Morgan fingerprint density at radius 3 is 2.93 bits per heavy atom. The lowest BCUT2D eigenvalue weighted by Crippen LogP contribution is -2.11. The molecule has 0 saturated carbocycles. The molecule has 5 heteroatoms. The van der Waals surface area contributed by atoms with Gasteiger partial charge in [0.1, 0.15) is 7.11 Å². The Labute approximate surface area is 86.3 Å². The summed E-state index contributed by atoms with van der Waals surface area (Å²) in [6, 6.07) is 4.84. The summed E-state index contributed by atoms with van der Waals surface area (Å²) < 4.78 is 0. The molecule has 14 heavy (non-hydrogen) atoms. The van der Waals surface area contributed by atoms with Gasteiger partial charge in [-0.2, -0.15) is 0 Å². The molecular weight excluding hydrogens is 204 g/mol. The molecule has 1 aromatic carbocycles. The van der Waals surface area contributed by atoms with Gasteiger partial charge in [0, 0.05) is 0 Å². The number of nitrogens with two attached hydrogens (primary N) is 1. The minimum Gasteiger partial charge on any atom is -0.399 e. The molecule has 0 radical (unpaired) electrons. The van der Waals surface area contributed by atoms with E-state index in [9.17, 15) is 4.79 Å². The smallest absolute Gasteiger partial charge is 0.250 e. The molecule has 1 aromatic rings. The Morgan fingerprint density at radius 1 is 1.64 bits per heavy atom. The van der Waals surface area contributed by atoms with Gasteiger partial charge in [0.25, 0.3) is 0 Å². The van der Waals surface area contributed by atoms with Crippen molar-refractivity contribution in [2.45, 2.75) is 0 Å². The van der Waals surface area contributed by atoms with Gasteiger partial charge in [-0.1, -0.05) is 22.8 Å². The van der Waals surface area contributed by atoms with Gasteiger partial charge in [0.05, 0.1) is 16.8 Å². The lowest BCUT2D eigenvalue weighted by atomic mass is 10.1. The molecule has 74 valence electrons. The number of carbonyl (C=O) groups excluding carboxylic acids is 1. The summed E-state index contributed by atoms with van der Waals surface area (Å²) in [5.41, 5.74) is 6.08. The fraction of sp³-hybridized carbons (Fsp3) is 0.111. The number of nitrogens with zero attached hydrogens (tertiary/aromatic N) is 1. The SMILES string of the molecule is CON=Cc1ccc(Cl)c(C(N)=O)c1. The fourth-order valence-corrected chi connectivity index (χ4v) is 1.14. The molecule has 2 N–H and O–H groups in total. The lowest BCUT2D eigenvalue weighted by Gasteiger charge is -2.00. The molecule has 0 bridgehead atoms. The third-order valence-corrected chi connectivity index (χ3v) is 1.89. The van der Waals surface area contributed by atoms with E-state index in [1.165, 1.54) is 13.3 Å². The van der Waals surface area contributed by atoms with Gasteiger partial charge in [-0.15, -0.1) is 0 Å². The Balaban J connectivity index is 3.06. The molecule has 4 nitrogen and oxygen atoms in total. The highest BCUT2D eigenvalue weighted by atomic mass is 35.5. The van der Waals surface area contributed by atoms with Gasteiger partial charge in [-0.3, -0.25) is 4.79 Å². The molecule has 0 heterocycles. The Bertz CT molecular complexity index is 377. The van der Waals surface area contributed by atoms with E-state index in [1.807, 2.05) is 0 Å². The Kier molecular flexibility index (Phi) is 3.48. The molecule has 1 rings (SSSR count). The predicted molar refractivity (Wildman–Crippen MR) is 54.6 cm³/mol. The van der Waals surface area contributed by atoms with Crippen molar-refractivity contribution >= 4 is 23.7 Å². The zero-order valence-corrected chi connectivity index (χ0v) is 8.28. The van der Waals surface area contributed by atoms with Crippen molar-refractivity contribution < 1.29 is 9.63 Å². The van der Waals surface area contributed by atoms with Crippen LogP contribution in [0.2, 0.25) is 5.02 Å². The third kappa shape index (κ3) is 2.47. The number of carbonyl (C=O) groups is 1. The first-order valence-electron chi connectivity index (χ1n) is 3.81. The first-order chi connectivity index (χ1) is 6.65. The van der Waals surface area contributed by atoms with Crippen molar-refractivity contribution in [3.05, 3.63) is 34.3 Å². The monoisotopic (exact) mass is 212 g/mol. The van der Waals surface area contributed by atoms with E-state index in [-0.39, 0.29) is 5.56 Å². The van der Waals surface area contributed by atoms with Crippen LogP contribution in [0.1, 0.15) is 15.9 Å². The van der Waals surface area contributed by atoms with Gasteiger partial charge in [-0.05, 0) is 17.7 Å². The van der Waals surface area contributed by atoms with Crippen LogP contribution in [-0.4, -0.2) is 19.2 Å². The van der Waals surface area contributed by atoms with E-state index in [2.05, 4.69) is 9.99 Å². The molecule has 0 unspecified atom stereocenters. The minimum atomic E-state index is -0.567. The first kappa shape index (κ1) is 10.5. The normalized spacial score (nSPS) is 10.4. The summed E-state index contributed by atoms with van der Waals surface area (Å²) in [6.07, 6.45) is 1.46. The van der Waals surface area contributed by atoms with Crippen molar-refractivity contribution in [1.82, 2.24) is 0 Å². The number of oxime groups is 1. The second-order valence-corrected chi connectivity index (χ2v) is 2.93. The number of hydrogen-bond acceptors (Lipinski definition) is 3. The molecule has 0 aliphatic heterocycles. The van der Waals surface area contributed by atoms with Crippen LogP contribution in [0.3, 0.4) is 0 Å². The van der Waals surface area contributed by atoms with Crippen LogP contribution in [0.5, 0.6) is 0 Å².